The molecule has 0 aromatic rings. The minimum atomic E-state index is -4.36. The average molecular weight is 1230 g/mol. The summed E-state index contributed by atoms with van der Waals surface area (Å²) in [4.78, 5) is 23.5. The van der Waals surface area contributed by atoms with Crippen LogP contribution >= 0.6 is 7.82 Å². The number of hydrogen-bond acceptors (Lipinski definition) is 5. The monoisotopic (exact) mass is 1230 g/mol. The van der Waals surface area contributed by atoms with E-state index in [1.165, 1.54) is 212 Å². The molecule has 87 heavy (non-hydrogen) atoms. The third-order valence-corrected chi connectivity index (χ3v) is 17.2. The first-order valence-corrected chi connectivity index (χ1v) is 38.3. The lowest BCUT2D eigenvalue weighted by Gasteiger charge is -2.25. The van der Waals surface area contributed by atoms with Crippen molar-refractivity contribution >= 4 is 13.7 Å². The number of phosphoric ester groups is 1. The Hall–Kier alpha value is -2.84. The molecule has 3 atom stereocenters. The van der Waals surface area contributed by atoms with Crippen molar-refractivity contribution in [2.75, 3.05) is 40.9 Å². The van der Waals surface area contributed by atoms with Gasteiger partial charge in [-0.05, 0) is 83.5 Å². The molecule has 0 bridgehead atoms. The molecule has 3 unspecified atom stereocenters. The Labute approximate surface area is 540 Å². The lowest BCUT2D eigenvalue weighted by Crippen LogP contribution is -2.45. The molecule has 1 amide bonds. The van der Waals surface area contributed by atoms with Gasteiger partial charge < -0.3 is 19.8 Å². The van der Waals surface area contributed by atoms with Gasteiger partial charge in [-0.1, -0.05) is 348 Å². The molecule has 0 aliphatic rings. The highest BCUT2D eigenvalue weighted by Gasteiger charge is 2.28. The highest BCUT2D eigenvalue weighted by molar-refractivity contribution is 7.47. The fraction of sp³-hybridized carbons (Fsp3) is 0.756. The molecule has 0 fully saturated rings. The molecular weight excluding hydrogens is 1090 g/mol. The number of nitrogens with zero attached hydrogens (tertiary/aromatic N) is 1. The van der Waals surface area contributed by atoms with Gasteiger partial charge in [0.15, 0.2) is 0 Å². The molecule has 0 saturated carbocycles. The van der Waals surface area contributed by atoms with E-state index in [9.17, 15) is 19.4 Å². The van der Waals surface area contributed by atoms with Crippen molar-refractivity contribution in [2.24, 2.45) is 0 Å². The standard InChI is InChI=1S/C78H141N2O6P/c1-6-8-10-12-14-16-18-20-22-24-26-28-30-32-34-36-38-39-40-41-42-44-46-48-50-52-54-56-58-60-62-64-66-68-70-72-78(82)79-76(75-86-87(83,84)85-74-73-80(3,4)5)77(81)71-69-67-65-63-61-59-57-55-53-51-49-47-45-43-37-35-33-31-29-27-25-23-21-19-17-15-13-11-9-7-2/h8,10,14,16,20,22,26,28,32,34,38-39,41-42,46,48,69,71,76-77,81H,6-7,9,11-13,15,17-19,21,23-25,27,29-31,33,35-37,40,43-45,47,49-68,70,72-75H2,1-5H3,(H-,79,82,83,84)/p+1/b10-8-,16-14-,22-20-,28-26-,34-32-,39-38-,42-41-,48-46-,71-69+. The quantitative estimate of drug-likeness (QED) is 0.0243. The van der Waals surface area contributed by atoms with Crippen LogP contribution in [0.25, 0.3) is 0 Å². The first kappa shape index (κ1) is 84.2. The predicted molar refractivity (Wildman–Crippen MR) is 382 cm³/mol. The van der Waals surface area contributed by atoms with Crippen molar-refractivity contribution in [3.8, 4) is 0 Å². The van der Waals surface area contributed by atoms with Crippen LogP contribution in [0.5, 0.6) is 0 Å². The normalized spacial score (nSPS) is 14.2. The number of phosphoric acid groups is 1. The van der Waals surface area contributed by atoms with Gasteiger partial charge in [0.1, 0.15) is 13.2 Å². The second-order valence-electron chi connectivity index (χ2n) is 25.9. The highest BCUT2D eigenvalue weighted by atomic mass is 31.2. The number of carbonyl (C=O) groups excluding carboxylic acids is 1. The molecule has 0 aromatic carbocycles. The summed E-state index contributed by atoms with van der Waals surface area (Å²) in [6.07, 6.45) is 99.5. The molecule has 0 spiro atoms. The number of carbonyl (C=O) groups is 1. The maximum atomic E-state index is 13.1. The number of aliphatic hydroxyl groups is 1. The Balaban J connectivity index is 4.10. The molecule has 0 saturated heterocycles. The van der Waals surface area contributed by atoms with Gasteiger partial charge in [-0.25, -0.2) is 4.57 Å². The zero-order chi connectivity index (χ0) is 63.4. The van der Waals surface area contributed by atoms with Crippen LogP contribution in [0.2, 0.25) is 0 Å². The third-order valence-electron chi connectivity index (χ3n) is 16.2. The first-order chi connectivity index (χ1) is 42.5. The van der Waals surface area contributed by atoms with E-state index in [4.69, 9.17) is 9.05 Å². The Kier molecular flexibility index (Phi) is 65.3. The predicted octanol–water partition coefficient (Wildman–Crippen LogP) is 23.8. The van der Waals surface area contributed by atoms with Gasteiger partial charge in [-0.2, -0.15) is 0 Å². The van der Waals surface area contributed by atoms with E-state index in [1.807, 2.05) is 27.2 Å². The van der Waals surface area contributed by atoms with Gasteiger partial charge in [0.25, 0.3) is 0 Å². The van der Waals surface area contributed by atoms with Crippen LogP contribution in [-0.4, -0.2) is 73.4 Å². The van der Waals surface area contributed by atoms with Crippen LogP contribution in [0.3, 0.4) is 0 Å². The van der Waals surface area contributed by atoms with Crippen molar-refractivity contribution in [3.05, 3.63) is 109 Å². The van der Waals surface area contributed by atoms with Gasteiger partial charge >= 0.3 is 7.82 Å². The van der Waals surface area contributed by atoms with E-state index in [-0.39, 0.29) is 19.1 Å². The van der Waals surface area contributed by atoms with E-state index >= 15 is 0 Å². The largest absolute Gasteiger partial charge is 0.472 e. The van der Waals surface area contributed by atoms with Crippen molar-refractivity contribution in [3.63, 3.8) is 0 Å². The average Bonchev–Trinajstić information content (AvgIpc) is 3.70. The zero-order valence-electron chi connectivity index (χ0n) is 57.7. The fourth-order valence-electron chi connectivity index (χ4n) is 10.6. The van der Waals surface area contributed by atoms with Crippen LogP contribution in [0, 0.1) is 0 Å². The summed E-state index contributed by atoms with van der Waals surface area (Å²) in [5.74, 6) is -0.182. The van der Waals surface area contributed by atoms with Crippen LogP contribution < -0.4 is 5.32 Å². The Morgan fingerprint density at radius 2 is 0.690 bits per heavy atom. The van der Waals surface area contributed by atoms with Crippen molar-refractivity contribution in [1.29, 1.82) is 0 Å². The lowest BCUT2D eigenvalue weighted by molar-refractivity contribution is -0.870. The first-order valence-electron chi connectivity index (χ1n) is 36.8. The number of amides is 1. The summed E-state index contributed by atoms with van der Waals surface area (Å²) in [6.45, 7) is 4.73. The van der Waals surface area contributed by atoms with Crippen molar-refractivity contribution in [1.82, 2.24) is 5.32 Å². The second-order valence-corrected chi connectivity index (χ2v) is 27.4. The third kappa shape index (κ3) is 70.5. The Morgan fingerprint density at radius 3 is 1.01 bits per heavy atom. The van der Waals surface area contributed by atoms with Gasteiger partial charge in [0.05, 0.1) is 39.9 Å². The topological polar surface area (TPSA) is 105 Å². The second kappa shape index (κ2) is 67.6. The summed E-state index contributed by atoms with van der Waals surface area (Å²) in [5.41, 5.74) is 0. The van der Waals surface area contributed by atoms with Crippen LogP contribution in [-0.2, 0) is 18.4 Å². The van der Waals surface area contributed by atoms with E-state index in [0.29, 0.717) is 17.4 Å². The molecule has 0 aliphatic carbocycles. The molecular formula is C78H142N2O6P+. The number of hydrogen-bond donors (Lipinski definition) is 3. The Bertz CT molecular complexity index is 1790. The smallest absolute Gasteiger partial charge is 0.387 e. The highest BCUT2D eigenvalue weighted by Crippen LogP contribution is 2.43. The summed E-state index contributed by atoms with van der Waals surface area (Å²) in [5, 5.41) is 14.0. The summed E-state index contributed by atoms with van der Waals surface area (Å²) >= 11 is 0. The van der Waals surface area contributed by atoms with E-state index < -0.39 is 20.0 Å². The van der Waals surface area contributed by atoms with Crippen LogP contribution in [0.4, 0.5) is 0 Å². The fourth-order valence-corrected chi connectivity index (χ4v) is 11.3. The zero-order valence-corrected chi connectivity index (χ0v) is 58.6. The maximum Gasteiger partial charge on any atom is 0.472 e. The van der Waals surface area contributed by atoms with Crippen molar-refractivity contribution in [2.45, 2.75) is 341 Å². The molecule has 504 valence electrons. The number of allylic oxidation sites excluding steroid dienone is 17. The number of unbranched alkanes of at least 4 members (excludes halogenated alkanes) is 38. The van der Waals surface area contributed by atoms with Gasteiger partial charge in [-0.3, -0.25) is 13.8 Å². The molecule has 8 nitrogen and oxygen atoms in total. The molecule has 0 rings (SSSR count). The van der Waals surface area contributed by atoms with E-state index in [1.54, 1.807) is 6.08 Å². The van der Waals surface area contributed by atoms with E-state index in [2.05, 4.69) is 116 Å². The minimum absolute atomic E-state index is 0.0566. The summed E-state index contributed by atoms with van der Waals surface area (Å²) in [6, 6.07) is -0.858. The van der Waals surface area contributed by atoms with Crippen LogP contribution in [0.15, 0.2) is 109 Å². The SMILES string of the molecule is CC/C=C\C/C=C\C/C=C\C/C=C\C/C=C\C/C=C\C/C=C\C/C=C\CCCCCCCCCCCCC(=O)NC(COP(=O)(O)OCC[N+](C)(C)C)C(O)/C=C/CCCCCCCCCCCCCCCCCCCCCCCCCCCCCC. The summed E-state index contributed by atoms with van der Waals surface area (Å²) < 4.78 is 23.8. The number of nitrogens with one attached hydrogen (secondary N) is 1. The van der Waals surface area contributed by atoms with Gasteiger partial charge in [0, 0.05) is 6.42 Å². The minimum Gasteiger partial charge on any atom is -0.387 e. The number of quaternary nitrogens is 1. The molecule has 9 heteroatoms. The lowest BCUT2D eigenvalue weighted by atomic mass is 10.0. The number of likely N-dealkylation sites (N-methyl/N-ethyl adjacent to an activating group) is 1. The molecule has 0 heterocycles. The van der Waals surface area contributed by atoms with E-state index in [0.717, 1.165) is 96.3 Å². The molecule has 0 aliphatic heterocycles. The van der Waals surface area contributed by atoms with Crippen molar-refractivity contribution < 1.29 is 32.9 Å². The number of aliphatic hydroxyl groups excluding tert-OH is 1. The Morgan fingerprint density at radius 1 is 0.402 bits per heavy atom. The molecule has 3 N–H and O–H groups in total. The summed E-state index contributed by atoms with van der Waals surface area (Å²) in [7, 11) is 1.57. The molecule has 0 radical (unpaired) electrons. The van der Waals surface area contributed by atoms with Crippen LogP contribution in [0.1, 0.15) is 328 Å². The maximum absolute atomic E-state index is 13.1. The van der Waals surface area contributed by atoms with Gasteiger partial charge in [0.2, 0.25) is 5.91 Å². The number of rotatable bonds is 67. The van der Waals surface area contributed by atoms with Gasteiger partial charge in [-0.15, -0.1) is 0 Å². The molecule has 0 aromatic heterocycles.